The number of benzene rings is 2. The molecule has 0 N–H and O–H groups in total. The quantitative estimate of drug-likeness (QED) is 0.370. The largest absolute Gasteiger partial charge is 0.464 e. The molecular formula is C23H28BrNO4. The molecule has 2 rings (SSSR count). The topological polar surface area (TPSA) is 55.8 Å². The maximum Gasteiger partial charge on any atom is 0.410 e. The Labute approximate surface area is 181 Å². The second-order valence-corrected chi connectivity index (χ2v) is 8.32. The molecule has 0 radical (unpaired) electrons. The number of rotatable bonds is 10. The van der Waals surface area contributed by atoms with E-state index in [4.69, 9.17) is 9.47 Å². The summed E-state index contributed by atoms with van der Waals surface area (Å²) < 4.78 is 10.8. The molecule has 2 aromatic rings. The van der Waals surface area contributed by atoms with Crippen LogP contribution in [0.5, 0.6) is 0 Å². The van der Waals surface area contributed by atoms with E-state index >= 15 is 0 Å². The van der Waals surface area contributed by atoms with Gasteiger partial charge in [-0.15, -0.1) is 0 Å². The number of carbonyl (C=O) groups excluding carboxylic acids is 2. The molecule has 6 heteroatoms. The Bertz CT molecular complexity index is 752. The first-order valence-electron chi connectivity index (χ1n) is 9.83. The number of ether oxygens (including phenoxy) is 2. The van der Waals surface area contributed by atoms with Crippen molar-refractivity contribution in [1.82, 2.24) is 4.90 Å². The lowest BCUT2D eigenvalue weighted by Crippen LogP contribution is -2.48. The molecule has 0 aromatic heterocycles. The van der Waals surface area contributed by atoms with Crippen LogP contribution in [0.2, 0.25) is 0 Å². The highest BCUT2D eigenvalue weighted by Gasteiger charge is 2.32. The van der Waals surface area contributed by atoms with Gasteiger partial charge in [0.2, 0.25) is 0 Å². The van der Waals surface area contributed by atoms with Crippen LogP contribution >= 0.6 is 15.9 Å². The van der Waals surface area contributed by atoms with Gasteiger partial charge in [0.25, 0.3) is 0 Å². The minimum absolute atomic E-state index is 0.154. The van der Waals surface area contributed by atoms with Crippen LogP contribution in [0.15, 0.2) is 60.7 Å². The van der Waals surface area contributed by atoms with Crippen LogP contribution in [0.4, 0.5) is 4.79 Å². The number of halogens is 1. The molecule has 156 valence electrons. The van der Waals surface area contributed by atoms with Gasteiger partial charge in [-0.1, -0.05) is 83.5 Å². The van der Waals surface area contributed by atoms with Gasteiger partial charge in [-0.25, -0.2) is 9.59 Å². The molecule has 0 bridgehead atoms. The average Bonchev–Trinajstić information content (AvgIpc) is 2.73. The fraction of sp³-hybridized carbons (Fsp3) is 0.391. The molecule has 0 fully saturated rings. The van der Waals surface area contributed by atoms with Crippen molar-refractivity contribution in [3.8, 4) is 0 Å². The summed E-state index contributed by atoms with van der Waals surface area (Å²) in [7, 11) is 0. The molecule has 0 saturated carbocycles. The lowest BCUT2D eigenvalue weighted by Gasteiger charge is -2.30. The van der Waals surface area contributed by atoms with Crippen molar-refractivity contribution in [2.75, 3.05) is 13.2 Å². The van der Waals surface area contributed by atoms with Crippen LogP contribution in [0, 0.1) is 0 Å². The zero-order valence-corrected chi connectivity index (χ0v) is 18.5. The maximum atomic E-state index is 13.0. The molecule has 0 saturated heterocycles. The van der Waals surface area contributed by atoms with Crippen LogP contribution in [-0.2, 0) is 27.3 Å². The molecule has 2 atom stereocenters. The van der Waals surface area contributed by atoms with Gasteiger partial charge in [0.15, 0.2) is 0 Å². The van der Waals surface area contributed by atoms with Crippen LogP contribution in [-0.4, -0.2) is 41.0 Å². The molecule has 0 heterocycles. The van der Waals surface area contributed by atoms with E-state index in [0.717, 1.165) is 11.1 Å². The van der Waals surface area contributed by atoms with Gasteiger partial charge < -0.3 is 9.47 Å². The molecule has 0 spiro atoms. The van der Waals surface area contributed by atoms with Gasteiger partial charge >= 0.3 is 12.1 Å². The summed E-state index contributed by atoms with van der Waals surface area (Å²) in [5.74, 6) is -0.421. The second-order valence-electron chi connectivity index (χ2n) is 6.76. The van der Waals surface area contributed by atoms with Crippen LogP contribution in [0.1, 0.15) is 31.4 Å². The Morgan fingerprint density at radius 1 is 0.966 bits per heavy atom. The van der Waals surface area contributed by atoms with Gasteiger partial charge in [0.05, 0.1) is 6.61 Å². The molecule has 0 aliphatic rings. The lowest BCUT2D eigenvalue weighted by atomic mass is 10.0. The minimum atomic E-state index is -0.744. The standard InChI is InChI=1S/C23H28BrNO4/c1-3-28-22(26)21(16-19-10-6-4-7-11-19)25(15-14-18(2)24)23(27)29-17-20-12-8-5-9-13-20/h4-13,18,21H,3,14-17H2,1-2H3/t18?,21-/m0/s1. The van der Waals surface area contributed by atoms with Crippen molar-refractivity contribution in [2.45, 2.75) is 44.2 Å². The van der Waals surface area contributed by atoms with Crippen molar-refractivity contribution in [3.05, 3.63) is 71.8 Å². The van der Waals surface area contributed by atoms with Gasteiger partial charge in [-0.2, -0.15) is 0 Å². The summed E-state index contributed by atoms with van der Waals surface area (Å²) in [6, 6.07) is 18.4. The smallest absolute Gasteiger partial charge is 0.410 e. The van der Waals surface area contributed by atoms with Gasteiger partial charge in [0, 0.05) is 17.8 Å². The van der Waals surface area contributed by atoms with Crippen LogP contribution < -0.4 is 0 Å². The Hall–Kier alpha value is -2.34. The summed E-state index contributed by atoms with van der Waals surface area (Å²) in [5, 5.41) is 0. The summed E-state index contributed by atoms with van der Waals surface area (Å²) in [5.41, 5.74) is 1.85. The molecule has 2 aromatic carbocycles. The molecule has 0 aliphatic carbocycles. The Morgan fingerprint density at radius 3 is 2.10 bits per heavy atom. The summed E-state index contributed by atoms with van der Waals surface area (Å²) in [4.78, 5) is 27.4. The predicted molar refractivity (Wildman–Crippen MR) is 117 cm³/mol. The zero-order valence-electron chi connectivity index (χ0n) is 16.9. The van der Waals surface area contributed by atoms with Gasteiger partial charge in [-0.05, 0) is 24.5 Å². The van der Waals surface area contributed by atoms with Crippen molar-refractivity contribution >= 4 is 28.0 Å². The Balaban J connectivity index is 2.20. The van der Waals surface area contributed by atoms with E-state index in [9.17, 15) is 9.59 Å². The third kappa shape index (κ3) is 7.89. The summed E-state index contributed by atoms with van der Waals surface area (Å²) in [6.45, 7) is 4.56. The summed E-state index contributed by atoms with van der Waals surface area (Å²) >= 11 is 3.52. The number of nitrogens with zero attached hydrogens (tertiary/aromatic N) is 1. The van der Waals surface area contributed by atoms with Crippen molar-refractivity contribution in [3.63, 3.8) is 0 Å². The van der Waals surface area contributed by atoms with Gasteiger partial charge in [-0.3, -0.25) is 4.90 Å². The van der Waals surface area contributed by atoms with Crippen molar-refractivity contribution in [2.24, 2.45) is 0 Å². The Morgan fingerprint density at radius 2 is 1.55 bits per heavy atom. The molecule has 29 heavy (non-hydrogen) atoms. The minimum Gasteiger partial charge on any atom is -0.464 e. The highest BCUT2D eigenvalue weighted by Crippen LogP contribution is 2.16. The monoisotopic (exact) mass is 461 g/mol. The number of esters is 1. The molecule has 1 unspecified atom stereocenters. The van der Waals surface area contributed by atoms with E-state index in [2.05, 4.69) is 15.9 Å². The number of hydrogen-bond acceptors (Lipinski definition) is 4. The molecule has 0 aliphatic heterocycles. The number of alkyl halides is 1. The fourth-order valence-corrected chi connectivity index (χ4v) is 3.09. The lowest BCUT2D eigenvalue weighted by molar-refractivity contribution is -0.149. The van der Waals surface area contributed by atoms with Crippen molar-refractivity contribution < 1.29 is 19.1 Å². The third-order valence-corrected chi connectivity index (χ3v) is 4.87. The number of amides is 1. The second kappa shape index (κ2) is 12.3. The van der Waals surface area contributed by atoms with E-state index in [1.54, 1.807) is 6.92 Å². The van der Waals surface area contributed by atoms with E-state index < -0.39 is 18.1 Å². The average molecular weight is 462 g/mol. The maximum absolute atomic E-state index is 13.0. The first-order valence-corrected chi connectivity index (χ1v) is 10.7. The fourth-order valence-electron chi connectivity index (χ4n) is 2.89. The summed E-state index contributed by atoms with van der Waals surface area (Å²) in [6.07, 6.45) is 0.540. The van der Waals surface area contributed by atoms with Gasteiger partial charge in [0.1, 0.15) is 12.6 Å². The normalized spacial score (nSPS) is 12.7. The number of carbonyl (C=O) groups is 2. The van der Waals surface area contributed by atoms with Crippen LogP contribution in [0.25, 0.3) is 0 Å². The zero-order chi connectivity index (χ0) is 21.1. The number of hydrogen-bond donors (Lipinski definition) is 0. The highest BCUT2D eigenvalue weighted by molar-refractivity contribution is 9.09. The van der Waals surface area contributed by atoms with E-state index in [-0.39, 0.29) is 18.0 Å². The van der Waals surface area contributed by atoms with E-state index in [1.807, 2.05) is 67.6 Å². The molecule has 5 nitrogen and oxygen atoms in total. The third-order valence-electron chi connectivity index (χ3n) is 4.41. The first-order chi connectivity index (χ1) is 14.0. The van der Waals surface area contributed by atoms with Crippen molar-refractivity contribution in [1.29, 1.82) is 0 Å². The Kier molecular flexibility index (Phi) is 9.71. The van der Waals surface area contributed by atoms with E-state index in [0.29, 0.717) is 19.4 Å². The highest BCUT2D eigenvalue weighted by atomic mass is 79.9. The molecule has 1 amide bonds. The first kappa shape index (κ1) is 22.9. The van der Waals surface area contributed by atoms with Crippen LogP contribution in [0.3, 0.4) is 0 Å². The molecular weight excluding hydrogens is 434 g/mol. The SMILES string of the molecule is CCOC(=O)[C@H](Cc1ccccc1)N(CCC(C)Br)C(=O)OCc1ccccc1. The predicted octanol–water partition coefficient (Wildman–Crippen LogP) is 4.97. The van der Waals surface area contributed by atoms with E-state index in [1.165, 1.54) is 4.90 Å².